The standard InChI is InChI=1S/C33H35FN4O2/c1-22(2)27-6-4-5-7-28(27)29-14-25(34)12-13-30(29)40-31-17-35-21-37-32(31)38-19-33(20-38)15-26(18-39-33)36-16-24-10-8-23(3)9-11-24/h4-14,17,21-22,26,36H,15-16,18-20H2,1-3H3. The number of hydrogen-bond acceptors (Lipinski definition) is 6. The number of hydrogen-bond donors (Lipinski definition) is 1. The lowest BCUT2D eigenvalue weighted by atomic mass is 9.89. The second kappa shape index (κ2) is 11.0. The molecule has 0 amide bonds. The van der Waals surface area contributed by atoms with Crippen molar-refractivity contribution in [3.63, 3.8) is 0 Å². The molecule has 1 N–H and O–H groups in total. The first-order chi connectivity index (χ1) is 19.4. The van der Waals surface area contributed by atoms with Gasteiger partial charge in [0, 0.05) is 18.2 Å². The molecule has 2 aliphatic heterocycles. The van der Waals surface area contributed by atoms with Crippen LogP contribution < -0.4 is 15.0 Å². The summed E-state index contributed by atoms with van der Waals surface area (Å²) in [5, 5.41) is 3.65. The molecule has 3 aromatic carbocycles. The van der Waals surface area contributed by atoms with Crippen molar-refractivity contribution >= 4 is 5.82 Å². The van der Waals surface area contributed by atoms with E-state index in [1.165, 1.54) is 29.6 Å². The van der Waals surface area contributed by atoms with Gasteiger partial charge in [-0.05, 0) is 54.2 Å². The SMILES string of the molecule is Cc1ccc(CNC2COC3(C2)CN(c2ncncc2Oc2ccc(F)cc2-c2ccccc2C(C)C)C3)cc1. The number of nitrogens with zero attached hydrogens (tertiary/aromatic N) is 3. The van der Waals surface area contributed by atoms with Crippen LogP contribution in [0.1, 0.15) is 42.9 Å². The minimum Gasteiger partial charge on any atom is -0.451 e. The van der Waals surface area contributed by atoms with Crippen molar-refractivity contribution in [2.75, 3.05) is 24.6 Å². The van der Waals surface area contributed by atoms with Gasteiger partial charge in [0.1, 0.15) is 23.5 Å². The van der Waals surface area contributed by atoms with Crippen molar-refractivity contribution in [2.45, 2.75) is 51.3 Å². The zero-order valence-electron chi connectivity index (χ0n) is 23.2. The van der Waals surface area contributed by atoms with Gasteiger partial charge in [-0.1, -0.05) is 67.9 Å². The highest BCUT2D eigenvalue weighted by molar-refractivity contribution is 5.75. The number of anilines is 1. The van der Waals surface area contributed by atoms with E-state index in [0.29, 0.717) is 35.5 Å². The minimum absolute atomic E-state index is 0.190. The van der Waals surface area contributed by atoms with Crippen LogP contribution in [0.25, 0.3) is 11.1 Å². The third-order valence-corrected chi connectivity index (χ3v) is 7.88. The average Bonchev–Trinajstić information content (AvgIpc) is 3.38. The lowest BCUT2D eigenvalue weighted by molar-refractivity contribution is -0.0189. The number of rotatable bonds is 8. The third kappa shape index (κ3) is 5.44. The van der Waals surface area contributed by atoms with Crippen molar-refractivity contribution in [3.05, 3.63) is 102 Å². The average molecular weight is 539 g/mol. The molecule has 3 heterocycles. The van der Waals surface area contributed by atoms with Crippen LogP contribution in [0.4, 0.5) is 10.2 Å². The molecule has 1 unspecified atom stereocenters. The van der Waals surface area contributed by atoms with Gasteiger partial charge in [-0.2, -0.15) is 0 Å². The van der Waals surface area contributed by atoms with Gasteiger partial charge in [-0.25, -0.2) is 14.4 Å². The molecule has 2 fully saturated rings. The fourth-order valence-corrected chi connectivity index (χ4v) is 5.75. The predicted octanol–water partition coefficient (Wildman–Crippen LogP) is 6.64. The van der Waals surface area contributed by atoms with E-state index in [9.17, 15) is 4.39 Å². The quantitative estimate of drug-likeness (QED) is 0.271. The van der Waals surface area contributed by atoms with Crippen LogP contribution in [0.3, 0.4) is 0 Å². The van der Waals surface area contributed by atoms with Gasteiger partial charge in [-0.15, -0.1) is 0 Å². The largest absolute Gasteiger partial charge is 0.451 e. The van der Waals surface area contributed by atoms with E-state index in [4.69, 9.17) is 9.47 Å². The molecule has 206 valence electrons. The first-order valence-corrected chi connectivity index (χ1v) is 13.9. The Morgan fingerprint density at radius 3 is 2.65 bits per heavy atom. The van der Waals surface area contributed by atoms with Gasteiger partial charge in [0.2, 0.25) is 0 Å². The summed E-state index contributed by atoms with van der Waals surface area (Å²) in [5.74, 6) is 1.80. The molecular formula is C33H35FN4O2. The second-order valence-corrected chi connectivity index (χ2v) is 11.3. The Morgan fingerprint density at radius 1 is 1.05 bits per heavy atom. The number of nitrogens with one attached hydrogen (secondary N) is 1. The first-order valence-electron chi connectivity index (χ1n) is 13.9. The van der Waals surface area contributed by atoms with Crippen molar-refractivity contribution in [2.24, 2.45) is 0 Å². The van der Waals surface area contributed by atoms with Crippen LogP contribution in [0.15, 0.2) is 79.3 Å². The number of aromatic nitrogens is 2. The van der Waals surface area contributed by atoms with Gasteiger partial charge in [0.15, 0.2) is 11.6 Å². The molecule has 1 spiro atoms. The number of ether oxygens (including phenoxy) is 2. The second-order valence-electron chi connectivity index (χ2n) is 11.3. The molecule has 7 heteroatoms. The molecule has 2 saturated heterocycles. The Kier molecular flexibility index (Phi) is 7.26. The van der Waals surface area contributed by atoms with Crippen molar-refractivity contribution < 1.29 is 13.9 Å². The summed E-state index contributed by atoms with van der Waals surface area (Å²) in [6, 6.07) is 21.7. The summed E-state index contributed by atoms with van der Waals surface area (Å²) in [6.07, 6.45) is 4.16. The lowest BCUT2D eigenvalue weighted by Crippen LogP contribution is -2.62. The smallest absolute Gasteiger partial charge is 0.188 e. The zero-order chi connectivity index (χ0) is 27.7. The summed E-state index contributed by atoms with van der Waals surface area (Å²) in [4.78, 5) is 11.0. The molecule has 2 aliphatic rings. The van der Waals surface area contributed by atoms with Gasteiger partial charge < -0.3 is 19.7 Å². The monoisotopic (exact) mass is 538 g/mol. The lowest BCUT2D eigenvalue weighted by Gasteiger charge is -2.47. The molecule has 6 rings (SSSR count). The summed E-state index contributed by atoms with van der Waals surface area (Å²) < 4.78 is 27.2. The normalized spacial score (nSPS) is 17.8. The van der Waals surface area contributed by atoms with E-state index in [1.54, 1.807) is 12.3 Å². The van der Waals surface area contributed by atoms with E-state index in [-0.39, 0.29) is 17.3 Å². The maximum atomic E-state index is 14.4. The fraction of sp³-hybridized carbons (Fsp3) is 0.333. The van der Waals surface area contributed by atoms with Crippen LogP contribution in [-0.4, -0.2) is 41.3 Å². The number of benzene rings is 3. The number of aryl methyl sites for hydroxylation is 1. The Hall–Kier alpha value is -3.81. The molecule has 0 saturated carbocycles. The topological polar surface area (TPSA) is 59.5 Å². The molecule has 0 radical (unpaired) electrons. The van der Waals surface area contributed by atoms with Gasteiger partial charge >= 0.3 is 0 Å². The van der Waals surface area contributed by atoms with Crippen LogP contribution in [0, 0.1) is 12.7 Å². The predicted molar refractivity (Wildman–Crippen MR) is 155 cm³/mol. The van der Waals surface area contributed by atoms with E-state index in [1.807, 2.05) is 18.2 Å². The summed E-state index contributed by atoms with van der Waals surface area (Å²) in [6.45, 7) is 9.36. The fourth-order valence-electron chi connectivity index (χ4n) is 5.75. The maximum Gasteiger partial charge on any atom is 0.188 e. The molecule has 4 aromatic rings. The number of halogens is 1. The molecule has 1 aromatic heterocycles. The van der Waals surface area contributed by atoms with E-state index in [0.717, 1.165) is 37.2 Å². The third-order valence-electron chi connectivity index (χ3n) is 7.88. The van der Waals surface area contributed by atoms with Crippen molar-refractivity contribution in [1.82, 2.24) is 15.3 Å². The van der Waals surface area contributed by atoms with Crippen LogP contribution in [-0.2, 0) is 11.3 Å². The van der Waals surface area contributed by atoms with Crippen LogP contribution in [0.2, 0.25) is 0 Å². The molecule has 1 atom stereocenters. The highest BCUT2D eigenvalue weighted by Gasteiger charge is 2.50. The minimum atomic E-state index is -0.306. The molecule has 6 nitrogen and oxygen atoms in total. The molecule has 0 aliphatic carbocycles. The van der Waals surface area contributed by atoms with Crippen molar-refractivity contribution in [3.8, 4) is 22.6 Å². The first kappa shape index (κ1) is 26.4. The van der Waals surface area contributed by atoms with Gasteiger partial charge in [0.25, 0.3) is 0 Å². The Bertz CT molecular complexity index is 1480. The maximum absolute atomic E-state index is 14.4. The van der Waals surface area contributed by atoms with Crippen LogP contribution in [0.5, 0.6) is 11.5 Å². The summed E-state index contributed by atoms with van der Waals surface area (Å²) >= 11 is 0. The van der Waals surface area contributed by atoms with Crippen LogP contribution >= 0.6 is 0 Å². The highest BCUT2D eigenvalue weighted by atomic mass is 19.1. The zero-order valence-corrected chi connectivity index (χ0v) is 23.2. The van der Waals surface area contributed by atoms with E-state index >= 15 is 0 Å². The van der Waals surface area contributed by atoms with Crippen molar-refractivity contribution in [1.29, 1.82) is 0 Å². The Morgan fingerprint density at radius 2 is 1.85 bits per heavy atom. The van der Waals surface area contributed by atoms with E-state index < -0.39 is 0 Å². The molecule has 0 bridgehead atoms. The molecular weight excluding hydrogens is 503 g/mol. The highest BCUT2D eigenvalue weighted by Crippen LogP contribution is 2.43. The summed E-state index contributed by atoms with van der Waals surface area (Å²) in [7, 11) is 0. The van der Waals surface area contributed by atoms with Gasteiger partial charge in [0.05, 0.1) is 25.9 Å². The Balaban J connectivity index is 1.16. The molecule has 40 heavy (non-hydrogen) atoms. The van der Waals surface area contributed by atoms with E-state index in [2.05, 4.69) is 71.3 Å². The van der Waals surface area contributed by atoms with Gasteiger partial charge in [-0.3, -0.25) is 0 Å². The summed E-state index contributed by atoms with van der Waals surface area (Å²) in [5.41, 5.74) is 5.16. The Labute approximate surface area is 235 Å².